The molecule has 0 fully saturated rings. The molecule has 5 nitrogen and oxygen atoms in total. The molecule has 19 heavy (non-hydrogen) atoms. The number of aromatic nitrogens is 2. The molecule has 0 bridgehead atoms. The first kappa shape index (κ1) is 14.0. The van der Waals surface area contributed by atoms with Gasteiger partial charge in [-0.3, -0.25) is 0 Å². The van der Waals surface area contributed by atoms with E-state index < -0.39 is 11.5 Å². The third-order valence-electron chi connectivity index (χ3n) is 2.60. The van der Waals surface area contributed by atoms with Gasteiger partial charge in [0, 0.05) is 5.75 Å². The molecule has 0 aliphatic heterocycles. The van der Waals surface area contributed by atoms with Crippen molar-refractivity contribution in [2.45, 2.75) is 16.8 Å². The van der Waals surface area contributed by atoms with E-state index in [4.69, 9.17) is 5.73 Å². The molecule has 2 rings (SSSR count). The van der Waals surface area contributed by atoms with Crippen molar-refractivity contribution >= 4 is 29.1 Å². The van der Waals surface area contributed by atoms with Crippen LogP contribution in [0.5, 0.6) is 0 Å². The molecule has 1 heterocycles. The number of hydrogen-bond acceptors (Lipinski definition) is 6. The van der Waals surface area contributed by atoms with Gasteiger partial charge in [0.1, 0.15) is 10.5 Å². The van der Waals surface area contributed by atoms with Crippen LogP contribution in [0.25, 0.3) is 0 Å². The Morgan fingerprint density at radius 2 is 2.11 bits per heavy atom. The van der Waals surface area contributed by atoms with Crippen LogP contribution in [0.4, 0.5) is 0 Å². The van der Waals surface area contributed by atoms with Crippen LogP contribution in [0.3, 0.4) is 0 Å². The smallest absolute Gasteiger partial charge is 0.329 e. The largest absolute Gasteiger partial charge is 0.480 e. The van der Waals surface area contributed by atoms with Gasteiger partial charge in [-0.25, -0.2) is 4.79 Å². The number of carboxylic acid groups (broad SMARTS) is 1. The molecular formula is C12H13N3O2S2. The topological polar surface area (TPSA) is 89.1 Å². The fourth-order valence-corrected chi connectivity index (χ4v) is 3.45. The van der Waals surface area contributed by atoms with Crippen molar-refractivity contribution in [2.75, 3.05) is 5.75 Å². The maximum Gasteiger partial charge on any atom is 0.329 e. The maximum atomic E-state index is 11.5. The van der Waals surface area contributed by atoms with E-state index in [0.717, 1.165) is 9.35 Å². The first-order chi connectivity index (χ1) is 9.02. The molecule has 0 amide bonds. The van der Waals surface area contributed by atoms with Gasteiger partial charge < -0.3 is 10.8 Å². The van der Waals surface area contributed by atoms with Gasteiger partial charge in [-0.05, 0) is 12.5 Å². The molecule has 1 aromatic heterocycles. The summed E-state index contributed by atoms with van der Waals surface area (Å²) in [7, 11) is 0. The number of carbonyl (C=O) groups is 1. The van der Waals surface area contributed by atoms with Crippen molar-refractivity contribution in [3.63, 3.8) is 0 Å². The second-order valence-electron chi connectivity index (χ2n) is 4.02. The van der Waals surface area contributed by atoms with Crippen molar-refractivity contribution in [2.24, 2.45) is 5.73 Å². The molecule has 100 valence electrons. The van der Waals surface area contributed by atoms with Crippen LogP contribution in [0.15, 0.2) is 34.7 Å². The summed E-state index contributed by atoms with van der Waals surface area (Å²) in [4.78, 5) is 11.5. The van der Waals surface area contributed by atoms with Crippen LogP contribution >= 0.6 is 23.1 Å². The lowest BCUT2D eigenvalue weighted by atomic mass is 9.93. The van der Waals surface area contributed by atoms with E-state index in [1.54, 1.807) is 24.3 Å². The van der Waals surface area contributed by atoms with Crippen molar-refractivity contribution in [1.29, 1.82) is 0 Å². The van der Waals surface area contributed by atoms with Gasteiger partial charge in [-0.2, -0.15) is 0 Å². The van der Waals surface area contributed by atoms with Gasteiger partial charge in [0.2, 0.25) is 0 Å². The third kappa shape index (κ3) is 3.12. The normalized spacial score (nSPS) is 14.0. The molecule has 1 atom stereocenters. The van der Waals surface area contributed by atoms with E-state index in [1.165, 1.54) is 23.1 Å². The van der Waals surface area contributed by atoms with Crippen molar-refractivity contribution in [3.8, 4) is 0 Å². The van der Waals surface area contributed by atoms with E-state index in [0.29, 0.717) is 5.56 Å². The van der Waals surface area contributed by atoms with Crippen LogP contribution in [-0.4, -0.2) is 27.0 Å². The Kier molecular flexibility index (Phi) is 4.18. The Bertz CT molecular complexity index is 573. The monoisotopic (exact) mass is 295 g/mol. The van der Waals surface area contributed by atoms with Crippen LogP contribution in [0, 0.1) is 6.92 Å². The molecule has 0 saturated carbocycles. The predicted molar refractivity (Wildman–Crippen MR) is 75.3 cm³/mol. The van der Waals surface area contributed by atoms with E-state index in [2.05, 4.69) is 10.2 Å². The highest BCUT2D eigenvalue weighted by Crippen LogP contribution is 2.29. The van der Waals surface area contributed by atoms with Crippen molar-refractivity contribution < 1.29 is 9.90 Å². The average molecular weight is 295 g/mol. The van der Waals surface area contributed by atoms with Gasteiger partial charge in [0.25, 0.3) is 0 Å². The fraction of sp³-hybridized carbons (Fsp3) is 0.250. The Labute approximate surface area is 118 Å². The Morgan fingerprint density at radius 3 is 2.63 bits per heavy atom. The number of nitrogens with two attached hydrogens (primary N) is 1. The number of hydrogen-bond donors (Lipinski definition) is 2. The number of rotatable bonds is 5. The van der Waals surface area contributed by atoms with Gasteiger partial charge in [-0.15, -0.1) is 10.2 Å². The van der Waals surface area contributed by atoms with E-state index in [9.17, 15) is 9.90 Å². The summed E-state index contributed by atoms with van der Waals surface area (Å²) in [6, 6.07) is 8.83. The highest BCUT2D eigenvalue weighted by molar-refractivity contribution is 8.01. The zero-order valence-corrected chi connectivity index (χ0v) is 11.9. The average Bonchev–Trinajstić information content (AvgIpc) is 2.82. The van der Waals surface area contributed by atoms with E-state index in [1.807, 2.05) is 13.0 Å². The Hall–Kier alpha value is -1.44. The summed E-state index contributed by atoms with van der Waals surface area (Å²) in [5.74, 6) is -0.839. The number of aliphatic carboxylic acids is 1. The molecule has 0 saturated heterocycles. The number of benzene rings is 1. The predicted octanol–water partition coefficient (Wildman–Crippen LogP) is 1.88. The molecule has 1 unspecified atom stereocenters. The minimum atomic E-state index is -1.43. The van der Waals surface area contributed by atoms with Crippen LogP contribution in [0.2, 0.25) is 0 Å². The molecule has 0 spiro atoms. The number of aryl methyl sites for hydroxylation is 1. The lowest BCUT2D eigenvalue weighted by Crippen LogP contribution is -2.47. The number of carboxylic acids is 1. The second kappa shape index (κ2) is 5.68. The summed E-state index contributed by atoms with van der Waals surface area (Å²) in [6.07, 6.45) is 0. The van der Waals surface area contributed by atoms with Gasteiger partial charge in [0.15, 0.2) is 4.34 Å². The zero-order valence-electron chi connectivity index (χ0n) is 10.2. The summed E-state index contributed by atoms with van der Waals surface area (Å²) in [6.45, 7) is 1.85. The lowest BCUT2D eigenvalue weighted by molar-refractivity contribution is -0.142. The molecule has 0 aliphatic carbocycles. The first-order valence-electron chi connectivity index (χ1n) is 5.53. The Balaban J connectivity index is 2.19. The van der Waals surface area contributed by atoms with Crippen LogP contribution < -0.4 is 5.73 Å². The van der Waals surface area contributed by atoms with Gasteiger partial charge in [-0.1, -0.05) is 53.4 Å². The SMILES string of the molecule is Cc1nnc(SCC(N)(C(=O)O)c2ccccc2)s1. The van der Waals surface area contributed by atoms with Crippen molar-refractivity contribution in [3.05, 3.63) is 40.9 Å². The fourth-order valence-electron chi connectivity index (χ4n) is 1.52. The summed E-state index contributed by atoms with van der Waals surface area (Å²) in [5.41, 5.74) is 5.21. The third-order valence-corrected chi connectivity index (χ3v) is 4.77. The summed E-state index contributed by atoms with van der Waals surface area (Å²) >= 11 is 2.74. The maximum absolute atomic E-state index is 11.5. The summed E-state index contributed by atoms with van der Waals surface area (Å²) < 4.78 is 0.726. The second-order valence-corrected chi connectivity index (χ2v) is 6.42. The highest BCUT2D eigenvalue weighted by Gasteiger charge is 2.36. The van der Waals surface area contributed by atoms with Crippen LogP contribution in [-0.2, 0) is 10.3 Å². The molecular weight excluding hydrogens is 282 g/mol. The Morgan fingerprint density at radius 1 is 1.42 bits per heavy atom. The van der Waals surface area contributed by atoms with E-state index in [-0.39, 0.29) is 5.75 Å². The number of nitrogens with zero attached hydrogens (tertiary/aromatic N) is 2. The number of thioether (sulfide) groups is 1. The standard InChI is InChI=1S/C12H13N3O2S2/c1-8-14-15-11(19-8)18-7-12(13,10(16)17)9-5-3-2-4-6-9/h2-6H,7,13H2,1H3,(H,16,17). The first-order valence-corrected chi connectivity index (χ1v) is 7.33. The van der Waals surface area contributed by atoms with Gasteiger partial charge in [0.05, 0.1) is 0 Å². The highest BCUT2D eigenvalue weighted by atomic mass is 32.2. The zero-order chi connectivity index (χ0) is 13.9. The molecule has 3 N–H and O–H groups in total. The molecule has 0 aliphatic rings. The summed E-state index contributed by atoms with van der Waals surface area (Å²) in [5, 5.41) is 18.1. The van der Waals surface area contributed by atoms with E-state index >= 15 is 0 Å². The van der Waals surface area contributed by atoms with Crippen LogP contribution in [0.1, 0.15) is 10.6 Å². The molecule has 0 radical (unpaired) electrons. The quantitative estimate of drug-likeness (QED) is 0.819. The van der Waals surface area contributed by atoms with Crippen molar-refractivity contribution in [1.82, 2.24) is 10.2 Å². The van der Waals surface area contributed by atoms with Gasteiger partial charge >= 0.3 is 5.97 Å². The molecule has 7 heteroatoms. The minimum absolute atomic E-state index is 0.209. The lowest BCUT2D eigenvalue weighted by Gasteiger charge is -2.24. The minimum Gasteiger partial charge on any atom is -0.480 e. The molecule has 2 aromatic rings. The molecule has 1 aromatic carbocycles.